The molecule has 0 radical (unpaired) electrons. The third-order valence-corrected chi connectivity index (χ3v) is 7.30. The van der Waals surface area contributed by atoms with Crippen molar-refractivity contribution in [2.45, 2.75) is 11.3 Å². The van der Waals surface area contributed by atoms with Crippen molar-refractivity contribution in [3.63, 3.8) is 0 Å². The van der Waals surface area contributed by atoms with E-state index >= 15 is 0 Å². The maximum atomic E-state index is 13.4. The molecule has 150 valence electrons. The Balaban J connectivity index is 1.48. The fourth-order valence-electron chi connectivity index (χ4n) is 3.35. The first-order chi connectivity index (χ1) is 14.7. The standard InChI is InChI=1S/C21H18N6OS2/c1-26-15-9-5-6-10-16(15)29-19(26)17-18(28)27(12-11-14-7-3-2-4-8-14)21(30-17)24-20-22-13-23-25-20/h2-10,13H,11-12H2,1H3,(H,22,23,25)/b19-17-,24-21?. The average Bonchev–Trinajstić information content (AvgIpc) is 3.47. The third-order valence-electron chi connectivity index (χ3n) is 4.87. The van der Waals surface area contributed by atoms with Crippen LogP contribution in [0.1, 0.15) is 5.56 Å². The number of thioether (sulfide) groups is 2. The average molecular weight is 435 g/mol. The van der Waals surface area contributed by atoms with Crippen molar-refractivity contribution in [2.24, 2.45) is 4.99 Å². The van der Waals surface area contributed by atoms with Crippen molar-refractivity contribution in [3.8, 4) is 0 Å². The summed E-state index contributed by atoms with van der Waals surface area (Å²) in [5.74, 6) is 0.355. The van der Waals surface area contributed by atoms with Gasteiger partial charge in [0.1, 0.15) is 11.2 Å². The number of carbonyl (C=O) groups is 1. The van der Waals surface area contributed by atoms with E-state index in [4.69, 9.17) is 0 Å². The lowest BCUT2D eigenvalue weighted by molar-refractivity contribution is -0.122. The Hall–Kier alpha value is -3.04. The molecule has 1 N–H and O–H groups in total. The highest BCUT2D eigenvalue weighted by Crippen LogP contribution is 2.49. The van der Waals surface area contributed by atoms with Crippen molar-refractivity contribution in [3.05, 3.63) is 76.4 Å². The minimum Gasteiger partial charge on any atom is -0.337 e. The van der Waals surface area contributed by atoms with Gasteiger partial charge in [-0.25, -0.2) is 5.10 Å². The molecule has 1 fully saturated rings. The van der Waals surface area contributed by atoms with E-state index in [0.717, 1.165) is 22.0 Å². The van der Waals surface area contributed by atoms with Crippen LogP contribution in [0.3, 0.4) is 0 Å². The summed E-state index contributed by atoms with van der Waals surface area (Å²) >= 11 is 3.01. The number of rotatable bonds is 4. The molecule has 2 aliphatic rings. The Bertz CT molecular complexity index is 1140. The van der Waals surface area contributed by atoms with Crippen molar-refractivity contribution in [1.82, 2.24) is 20.1 Å². The fourth-order valence-corrected chi connectivity index (χ4v) is 5.70. The zero-order valence-electron chi connectivity index (χ0n) is 16.1. The highest BCUT2D eigenvalue weighted by Gasteiger charge is 2.39. The van der Waals surface area contributed by atoms with Crippen LogP contribution in [0.25, 0.3) is 0 Å². The molecular weight excluding hydrogens is 416 g/mol. The molecule has 0 spiro atoms. The minimum atomic E-state index is -0.0312. The number of nitrogens with zero attached hydrogens (tertiary/aromatic N) is 5. The maximum absolute atomic E-state index is 13.4. The summed E-state index contributed by atoms with van der Waals surface area (Å²) in [5.41, 5.74) is 2.28. The van der Waals surface area contributed by atoms with Crippen molar-refractivity contribution in [2.75, 3.05) is 18.5 Å². The predicted molar refractivity (Wildman–Crippen MR) is 121 cm³/mol. The van der Waals surface area contributed by atoms with E-state index in [2.05, 4.69) is 49.3 Å². The number of anilines is 1. The molecule has 3 aromatic rings. The summed E-state index contributed by atoms with van der Waals surface area (Å²) in [5, 5.41) is 8.15. The van der Waals surface area contributed by atoms with E-state index in [1.807, 2.05) is 37.4 Å². The number of aliphatic imine (C=N–C) groups is 1. The van der Waals surface area contributed by atoms with Crippen LogP contribution in [0.4, 0.5) is 11.6 Å². The number of aromatic nitrogens is 3. The van der Waals surface area contributed by atoms with Crippen LogP contribution in [0, 0.1) is 0 Å². The number of carbonyl (C=O) groups excluding carboxylic acids is 1. The molecule has 1 saturated heterocycles. The first-order valence-corrected chi connectivity index (χ1v) is 11.1. The molecular formula is C21H18N6OS2. The molecule has 0 unspecified atom stereocenters. The van der Waals surface area contributed by atoms with Gasteiger partial charge in [-0.3, -0.25) is 9.69 Å². The van der Waals surface area contributed by atoms with E-state index in [9.17, 15) is 4.79 Å². The second kappa shape index (κ2) is 8.00. The molecule has 0 atom stereocenters. The van der Waals surface area contributed by atoms with Crippen LogP contribution in [0.15, 0.2) is 80.7 Å². The lowest BCUT2D eigenvalue weighted by Gasteiger charge is -2.16. The zero-order chi connectivity index (χ0) is 20.5. The highest BCUT2D eigenvalue weighted by atomic mass is 32.2. The molecule has 9 heteroatoms. The smallest absolute Gasteiger partial charge is 0.269 e. The lowest BCUT2D eigenvalue weighted by Crippen LogP contribution is -2.31. The molecule has 7 nitrogen and oxygen atoms in total. The Morgan fingerprint density at radius 1 is 1.07 bits per heavy atom. The van der Waals surface area contributed by atoms with E-state index in [1.54, 1.807) is 16.7 Å². The van der Waals surface area contributed by atoms with Gasteiger partial charge in [-0.05, 0) is 35.9 Å². The van der Waals surface area contributed by atoms with E-state index in [0.29, 0.717) is 22.6 Å². The molecule has 2 aromatic carbocycles. The van der Waals surface area contributed by atoms with Gasteiger partial charge in [0.25, 0.3) is 5.91 Å². The molecule has 0 bridgehead atoms. The van der Waals surface area contributed by atoms with Gasteiger partial charge >= 0.3 is 0 Å². The second-order valence-electron chi connectivity index (χ2n) is 6.76. The lowest BCUT2D eigenvalue weighted by atomic mass is 10.1. The predicted octanol–water partition coefficient (Wildman–Crippen LogP) is 4.02. The number of H-pyrrole nitrogens is 1. The van der Waals surface area contributed by atoms with Crippen LogP contribution in [0.5, 0.6) is 0 Å². The molecule has 1 aromatic heterocycles. The Kier molecular flexibility index (Phi) is 5.06. The molecule has 5 rings (SSSR count). The van der Waals surface area contributed by atoms with Gasteiger partial charge in [0.2, 0.25) is 5.95 Å². The van der Waals surface area contributed by atoms with Gasteiger partial charge in [-0.2, -0.15) is 15.1 Å². The quantitative estimate of drug-likeness (QED) is 0.625. The summed E-state index contributed by atoms with van der Waals surface area (Å²) in [7, 11) is 1.99. The summed E-state index contributed by atoms with van der Waals surface area (Å²) in [6, 6.07) is 18.3. The number of nitrogens with one attached hydrogen (secondary N) is 1. The largest absolute Gasteiger partial charge is 0.337 e. The molecule has 2 aliphatic heterocycles. The van der Waals surface area contributed by atoms with Gasteiger partial charge < -0.3 is 4.90 Å². The molecule has 1 amide bonds. The van der Waals surface area contributed by atoms with E-state index < -0.39 is 0 Å². The first kappa shape index (κ1) is 19.0. The van der Waals surface area contributed by atoms with Gasteiger partial charge in [-0.1, -0.05) is 54.2 Å². The van der Waals surface area contributed by atoms with Gasteiger partial charge in [-0.15, -0.1) is 0 Å². The number of benzene rings is 2. The summed E-state index contributed by atoms with van der Waals surface area (Å²) in [6.45, 7) is 0.543. The highest BCUT2D eigenvalue weighted by molar-refractivity contribution is 8.19. The summed E-state index contributed by atoms with van der Waals surface area (Å²) in [4.78, 5) is 27.7. The SMILES string of the molecule is CN1/C(=C2/SC(=Nc3ncn[nH]3)N(CCc3ccccc3)C2=O)Sc2ccccc21. The van der Waals surface area contributed by atoms with E-state index in [1.165, 1.54) is 23.7 Å². The topological polar surface area (TPSA) is 77.5 Å². The van der Waals surface area contributed by atoms with Crippen LogP contribution in [0.2, 0.25) is 0 Å². The number of hydrogen-bond donors (Lipinski definition) is 1. The number of amides is 1. The number of hydrogen-bond acceptors (Lipinski definition) is 7. The van der Waals surface area contributed by atoms with Crippen molar-refractivity contribution < 1.29 is 4.79 Å². The number of amidine groups is 1. The first-order valence-electron chi connectivity index (χ1n) is 9.43. The van der Waals surface area contributed by atoms with Crippen molar-refractivity contribution >= 4 is 46.2 Å². The molecule has 0 aliphatic carbocycles. The zero-order valence-corrected chi connectivity index (χ0v) is 17.8. The number of fused-ring (bicyclic) bond motifs is 1. The van der Waals surface area contributed by atoms with E-state index in [-0.39, 0.29) is 5.91 Å². The van der Waals surface area contributed by atoms with Crippen LogP contribution in [-0.4, -0.2) is 44.7 Å². The molecule has 3 heterocycles. The minimum absolute atomic E-state index is 0.0312. The Labute approximate surface area is 182 Å². The molecule has 30 heavy (non-hydrogen) atoms. The van der Waals surface area contributed by atoms with Crippen LogP contribution < -0.4 is 4.90 Å². The second-order valence-corrected chi connectivity index (χ2v) is 8.77. The van der Waals surface area contributed by atoms with Gasteiger partial charge in [0, 0.05) is 18.5 Å². The number of aromatic amines is 1. The van der Waals surface area contributed by atoms with Crippen LogP contribution in [-0.2, 0) is 11.2 Å². The Morgan fingerprint density at radius 2 is 1.87 bits per heavy atom. The van der Waals surface area contributed by atoms with Crippen molar-refractivity contribution in [1.29, 1.82) is 0 Å². The number of para-hydroxylation sites is 1. The van der Waals surface area contributed by atoms with Gasteiger partial charge in [0.05, 0.1) is 10.7 Å². The normalized spacial score (nSPS) is 19.8. The summed E-state index contributed by atoms with van der Waals surface area (Å²) in [6.07, 6.45) is 2.15. The third kappa shape index (κ3) is 3.50. The fraction of sp³-hybridized carbons (Fsp3) is 0.143. The monoisotopic (exact) mass is 434 g/mol. The Morgan fingerprint density at radius 3 is 2.63 bits per heavy atom. The molecule has 0 saturated carbocycles. The summed E-state index contributed by atoms with van der Waals surface area (Å²) < 4.78 is 0. The maximum Gasteiger partial charge on any atom is 0.269 e. The van der Waals surface area contributed by atoms with Crippen LogP contribution >= 0.6 is 23.5 Å². The van der Waals surface area contributed by atoms with Gasteiger partial charge in [0.15, 0.2) is 5.17 Å².